The van der Waals surface area contributed by atoms with Gasteiger partial charge in [-0.3, -0.25) is 9.48 Å². The quantitative estimate of drug-likeness (QED) is 0.376. The zero-order valence-electron chi connectivity index (χ0n) is 18.7. The number of fused-ring (bicyclic) bond motifs is 1. The third-order valence-electron chi connectivity index (χ3n) is 5.23. The van der Waals surface area contributed by atoms with Gasteiger partial charge in [0.2, 0.25) is 0 Å². The van der Waals surface area contributed by atoms with Crippen molar-refractivity contribution in [1.29, 1.82) is 0 Å². The Kier molecular flexibility index (Phi) is 8.07. The number of carboxylic acids is 1. The first kappa shape index (κ1) is 26.8. The largest absolute Gasteiger partial charge is 0.490 e. The highest BCUT2D eigenvalue weighted by Gasteiger charge is 2.38. The fourth-order valence-electron chi connectivity index (χ4n) is 3.53. The average Bonchev–Trinajstić information content (AvgIpc) is 3.38. The fraction of sp³-hybridized carbons (Fsp3) is 0.450. The first-order valence-corrected chi connectivity index (χ1v) is 10.6. The summed E-state index contributed by atoms with van der Waals surface area (Å²) in [6.45, 7) is 0. The number of aromatic nitrogens is 5. The number of rotatable bonds is 5. The molecule has 4 rings (SSSR count). The highest BCUT2D eigenvalue weighted by Crippen LogP contribution is 2.26. The van der Waals surface area contributed by atoms with Crippen LogP contribution in [0.1, 0.15) is 48.2 Å². The molecule has 3 aromatic heterocycles. The van der Waals surface area contributed by atoms with Crippen LogP contribution in [0.2, 0.25) is 0 Å². The molecule has 4 N–H and O–H groups in total. The number of alkyl halides is 5. The number of aliphatic hydroxyl groups is 1. The number of nitrogens with zero attached hydrogens (tertiary/aromatic N) is 5. The van der Waals surface area contributed by atoms with E-state index in [4.69, 9.17) is 9.90 Å². The van der Waals surface area contributed by atoms with E-state index in [1.54, 1.807) is 12.3 Å². The lowest BCUT2D eigenvalue weighted by atomic mass is 9.93. The van der Waals surface area contributed by atoms with Gasteiger partial charge in [0.05, 0.1) is 24.0 Å². The monoisotopic (exact) mass is 519 g/mol. The van der Waals surface area contributed by atoms with E-state index in [2.05, 4.69) is 25.8 Å². The van der Waals surface area contributed by atoms with E-state index in [1.165, 1.54) is 28.6 Å². The summed E-state index contributed by atoms with van der Waals surface area (Å²) in [5, 5.41) is 30.7. The molecule has 11 nitrogen and oxygen atoms in total. The maximum absolute atomic E-state index is 13.1. The number of aryl methyl sites for hydroxylation is 1. The number of hydrogen-bond donors (Lipinski definition) is 4. The Morgan fingerprint density at radius 1 is 1.22 bits per heavy atom. The molecule has 0 saturated heterocycles. The van der Waals surface area contributed by atoms with Crippen molar-refractivity contribution in [3.8, 4) is 0 Å². The van der Waals surface area contributed by atoms with E-state index in [9.17, 15) is 31.9 Å². The molecule has 1 saturated carbocycles. The molecule has 0 aromatic carbocycles. The van der Waals surface area contributed by atoms with Crippen molar-refractivity contribution in [1.82, 2.24) is 24.4 Å². The Balaban J connectivity index is 0.000000454. The summed E-state index contributed by atoms with van der Waals surface area (Å²) in [4.78, 5) is 26.0. The van der Waals surface area contributed by atoms with E-state index in [-0.39, 0.29) is 22.9 Å². The molecule has 0 spiro atoms. The van der Waals surface area contributed by atoms with Crippen LogP contribution in [0.25, 0.3) is 5.65 Å². The summed E-state index contributed by atoms with van der Waals surface area (Å²) in [6, 6.07) is 1.60. The molecule has 1 fully saturated rings. The van der Waals surface area contributed by atoms with Crippen LogP contribution in [0.3, 0.4) is 0 Å². The number of hydrogen-bond acceptors (Lipinski definition) is 7. The standard InChI is InChI=1S/C18H21F2N7O2.C2HF3O2/c1-26-9-12(15(25-26)16(19)20)23-18(29)10-8-21-27-7-6-14(24-17(10)27)22-11-4-2-3-5-13(11)28;3-2(4,5)1(6)7/h6-9,11,13,16,28H,2-5H2,1H3,(H,22,24)(H,23,29);(H,6,7)/t11-,13+;/m1./s1. The fourth-order valence-corrected chi connectivity index (χ4v) is 3.53. The first-order chi connectivity index (χ1) is 16.9. The Bertz CT molecular complexity index is 1230. The van der Waals surface area contributed by atoms with Crippen LogP contribution >= 0.6 is 0 Å². The average molecular weight is 519 g/mol. The van der Waals surface area contributed by atoms with E-state index in [0.29, 0.717) is 5.82 Å². The van der Waals surface area contributed by atoms with Gasteiger partial charge in [-0.25, -0.2) is 23.1 Å². The highest BCUT2D eigenvalue weighted by molar-refractivity contribution is 6.08. The number of aliphatic hydroxyl groups excluding tert-OH is 1. The predicted molar refractivity (Wildman–Crippen MR) is 115 cm³/mol. The van der Waals surface area contributed by atoms with Crippen LogP contribution in [0.15, 0.2) is 24.7 Å². The van der Waals surface area contributed by atoms with Gasteiger partial charge >= 0.3 is 12.1 Å². The first-order valence-electron chi connectivity index (χ1n) is 10.6. The maximum Gasteiger partial charge on any atom is 0.490 e. The number of amides is 1. The van der Waals surface area contributed by atoms with Crippen LogP contribution in [0, 0.1) is 0 Å². The number of carboxylic acid groups (broad SMARTS) is 1. The SMILES string of the molecule is Cn1cc(NC(=O)c2cnn3ccc(N[C@@H]4CCCC[C@@H]4O)nc23)c(C(F)F)n1.O=C(O)C(F)(F)F. The van der Waals surface area contributed by atoms with Crippen molar-refractivity contribution in [2.75, 3.05) is 10.6 Å². The van der Waals surface area contributed by atoms with Crippen molar-refractivity contribution in [3.63, 3.8) is 0 Å². The Morgan fingerprint density at radius 2 is 1.89 bits per heavy atom. The Hall–Kier alpha value is -3.82. The van der Waals surface area contributed by atoms with Gasteiger partial charge in [0.25, 0.3) is 12.3 Å². The number of carbonyl (C=O) groups is 2. The molecule has 36 heavy (non-hydrogen) atoms. The Morgan fingerprint density at radius 3 is 2.50 bits per heavy atom. The van der Waals surface area contributed by atoms with Gasteiger partial charge < -0.3 is 20.8 Å². The Labute approximate surface area is 199 Å². The summed E-state index contributed by atoms with van der Waals surface area (Å²) in [5.74, 6) is -2.86. The van der Waals surface area contributed by atoms with E-state index < -0.39 is 36.3 Å². The topological polar surface area (TPSA) is 147 Å². The molecule has 0 aliphatic heterocycles. The van der Waals surface area contributed by atoms with Gasteiger partial charge in [0.1, 0.15) is 11.4 Å². The molecule has 0 bridgehead atoms. The molecule has 196 valence electrons. The number of aliphatic carboxylic acids is 1. The molecule has 0 unspecified atom stereocenters. The second-order valence-corrected chi connectivity index (χ2v) is 7.90. The summed E-state index contributed by atoms with van der Waals surface area (Å²) in [7, 11) is 1.50. The van der Waals surface area contributed by atoms with Gasteiger partial charge in [-0.1, -0.05) is 12.8 Å². The normalized spacial score (nSPS) is 18.0. The van der Waals surface area contributed by atoms with Crippen molar-refractivity contribution >= 4 is 29.0 Å². The van der Waals surface area contributed by atoms with Crippen LogP contribution in [0.4, 0.5) is 33.5 Å². The van der Waals surface area contributed by atoms with Gasteiger partial charge in [0.15, 0.2) is 11.3 Å². The number of halogens is 5. The molecule has 16 heteroatoms. The van der Waals surface area contributed by atoms with E-state index in [0.717, 1.165) is 25.7 Å². The number of nitrogens with one attached hydrogen (secondary N) is 2. The van der Waals surface area contributed by atoms with Gasteiger partial charge in [-0.15, -0.1) is 0 Å². The van der Waals surface area contributed by atoms with Crippen LogP contribution < -0.4 is 10.6 Å². The molecule has 2 atom stereocenters. The minimum Gasteiger partial charge on any atom is -0.475 e. The van der Waals surface area contributed by atoms with Crippen molar-refractivity contribution in [2.24, 2.45) is 7.05 Å². The lowest BCUT2D eigenvalue weighted by Gasteiger charge is -2.28. The van der Waals surface area contributed by atoms with Crippen LogP contribution in [-0.4, -0.2) is 64.8 Å². The van der Waals surface area contributed by atoms with Crippen molar-refractivity contribution in [2.45, 2.75) is 50.4 Å². The summed E-state index contributed by atoms with van der Waals surface area (Å²) < 4.78 is 60.6. The van der Waals surface area contributed by atoms with Crippen LogP contribution in [-0.2, 0) is 11.8 Å². The summed E-state index contributed by atoms with van der Waals surface area (Å²) in [5.41, 5.74) is -0.146. The molecule has 0 radical (unpaired) electrons. The zero-order valence-corrected chi connectivity index (χ0v) is 18.7. The molecule has 3 heterocycles. The minimum atomic E-state index is -5.08. The van der Waals surface area contributed by atoms with E-state index >= 15 is 0 Å². The molecule has 1 aliphatic rings. The summed E-state index contributed by atoms with van der Waals surface area (Å²) >= 11 is 0. The molecule has 1 aliphatic carbocycles. The number of anilines is 2. The summed E-state index contributed by atoms with van der Waals surface area (Å²) in [6.07, 6.45) is -0.478. The number of carbonyl (C=O) groups excluding carboxylic acids is 1. The zero-order chi connectivity index (χ0) is 26.6. The van der Waals surface area contributed by atoms with Crippen molar-refractivity contribution in [3.05, 3.63) is 35.9 Å². The van der Waals surface area contributed by atoms with Gasteiger partial charge in [-0.2, -0.15) is 23.4 Å². The van der Waals surface area contributed by atoms with Crippen LogP contribution in [0.5, 0.6) is 0 Å². The second-order valence-electron chi connectivity index (χ2n) is 7.90. The third-order valence-corrected chi connectivity index (χ3v) is 5.23. The highest BCUT2D eigenvalue weighted by atomic mass is 19.4. The molecule has 1 amide bonds. The predicted octanol–water partition coefficient (Wildman–Crippen LogP) is 3.00. The van der Waals surface area contributed by atoms with Crippen molar-refractivity contribution < 1.29 is 41.8 Å². The van der Waals surface area contributed by atoms with Gasteiger partial charge in [-0.05, 0) is 18.9 Å². The lowest BCUT2D eigenvalue weighted by molar-refractivity contribution is -0.192. The molecular formula is C20H22F5N7O4. The minimum absolute atomic E-state index is 0.0635. The van der Waals surface area contributed by atoms with Gasteiger partial charge in [0, 0.05) is 19.4 Å². The maximum atomic E-state index is 13.1. The van der Waals surface area contributed by atoms with E-state index in [1.807, 2.05) is 0 Å². The second kappa shape index (κ2) is 10.8. The third kappa shape index (κ3) is 6.44. The smallest absolute Gasteiger partial charge is 0.475 e. The molecule has 3 aromatic rings. The lowest BCUT2D eigenvalue weighted by Crippen LogP contribution is -2.36. The molecular weight excluding hydrogens is 497 g/mol.